The minimum absolute atomic E-state index is 0. The first-order valence-corrected chi connectivity index (χ1v) is 9.03. The number of rotatable bonds is 5. The molecule has 0 saturated carbocycles. The predicted molar refractivity (Wildman–Crippen MR) is 115 cm³/mol. The first-order chi connectivity index (χ1) is 13.2. The minimum atomic E-state index is -0.397. The molecule has 2 aromatic rings. The number of nitrogens with zero attached hydrogens (tertiary/aromatic N) is 5. The van der Waals surface area contributed by atoms with Gasteiger partial charge in [0.1, 0.15) is 12.1 Å². The molecule has 1 N–H and O–H groups in total. The molecule has 0 bridgehead atoms. The number of piperazine rings is 1. The minimum Gasteiger partial charge on any atom is -0.364 e. The van der Waals surface area contributed by atoms with Gasteiger partial charge in [-0.2, -0.15) is 5.26 Å². The van der Waals surface area contributed by atoms with E-state index in [4.69, 9.17) is 9.78 Å². The molecule has 0 radical (unpaired) electrons. The van der Waals surface area contributed by atoms with E-state index in [2.05, 4.69) is 25.3 Å². The standard InChI is InChI=1S/C19H23FN6O.HI/c1-2-22-19(23-13-16-4-3-15(12-21)11-18(16)20)26-8-6-25(7-9-26)14-17-5-10-27-24-17;/h3-5,10-11H,2,6-9,13-14H2,1H3,(H,22,23);1H. The zero-order valence-corrected chi connectivity index (χ0v) is 18.1. The van der Waals surface area contributed by atoms with Gasteiger partial charge in [0.2, 0.25) is 0 Å². The van der Waals surface area contributed by atoms with Gasteiger partial charge in [-0.3, -0.25) is 4.90 Å². The van der Waals surface area contributed by atoms with Gasteiger partial charge >= 0.3 is 0 Å². The molecule has 0 spiro atoms. The summed E-state index contributed by atoms with van der Waals surface area (Å²) in [5, 5.41) is 16.1. The van der Waals surface area contributed by atoms with E-state index in [-0.39, 0.29) is 30.5 Å². The molecule has 1 fully saturated rings. The highest BCUT2D eigenvalue weighted by molar-refractivity contribution is 14.0. The van der Waals surface area contributed by atoms with E-state index < -0.39 is 5.82 Å². The summed E-state index contributed by atoms with van der Waals surface area (Å²) in [4.78, 5) is 9.09. The molecule has 1 aliphatic heterocycles. The van der Waals surface area contributed by atoms with Gasteiger partial charge in [0.15, 0.2) is 5.96 Å². The summed E-state index contributed by atoms with van der Waals surface area (Å²) in [5.74, 6) is 0.383. The predicted octanol–water partition coefficient (Wildman–Crippen LogP) is 2.59. The molecular weight excluding hydrogens is 474 g/mol. The largest absolute Gasteiger partial charge is 0.364 e. The highest BCUT2D eigenvalue weighted by Gasteiger charge is 2.20. The van der Waals surface area contributed by atoms with Crippen molar-refractivity contribution in [3.63, 3.8) is 0 Å². The molecule has 0 unspecified atom stereocenters. The zero-order valence-electron chi connectivity index (χ0n) is 15.8. The summed E-state index contributed by atoms with van der Waals surface area (Å²) in [7, 11) is 0. The summed E-state index contributed by atoms with van der Waals surface area (Å²) in [6.07, 6.45) is 1.59. The van der Waals surface area contributed by atoms with Crippen molar-refractivity contribution < 1.29 is 8.91 Å². The molecule has 1 saturated heterocycles. The molecule has 28 heavy (non-hydrogen) atoms. The van der Waals surface area contributed by atoms with Crippen molar-refractivity contribution >= 4 is 29.9 Å². The highest BCUT2D eigenvalue weighted by atomic mass is 127. The van der Waals surface area contributed by atoms with Gasteiger partial charge < -0.3 is 14.7 Å². The third kappa shape index (κ3) is 5.90. The Morgan fingerprint density at radius 1 is 1.32 bits per heavy atom. The quantitative estimate of drug-likeness (QED) is 0.388. The molecule has 1 aromatic heterocycles. The maximum absolute atomic E-state index is 14.1. The van der Waals surface area contributed by atoms with Gasteiger partial charge in [-0.1, -0.05) is 11.2 Å². The van der Waals surface area contributed by atoms with Gasteiger partial charge in [0.25, 0.3) is 0 Å². The Labute approximate surface area is 181 Å². The Bertz CT molecular complexity index is 812. The van der Waals surface area contributed by atoms with Crippen LogP contribution in [0.3, 0.4) is 0 Å². The first kappa shape index (κ1) is 22.1. The SMILES string of the molecule is CCNC(=NCc1ccc(C#N)cc1F)N1CCN(Cc2ccon2)CC1.I. The first-order valence-electron chi connectivity index (χ1n) is 9.03. The Kier molecular flexibility index (Phi) is 8.66. The van der Waals surface area contributed by atoms with Crippen LogP contribution in [0.2, 0.25) is 0 Å². The maximum atomic E-state index is 14.1. The average molecular weight is 498 g/mol. The van der Waals surface area contributed by atoms with E-state index >= 15 is 0 Å². The Hall–Kier alpha value is -2.19. The van der Waals surface area contributed by atoms with Crippen LogP contribution in [0.25, 0.3) is 0 Å². The van der Waals surface area contributed by atoms with Crippen LogP contribution in [0.15, 0.2) is 40.0 Å². The van der Waals surface area contributed by atoms with Crippen LogP contribution in [0.4, 0.5) is 4.39 Å². The van der Waals surface area contributed by atoms with E-state index in [0.717, 1.165) is 50.9 Å². The number of nitrogens with one attached hydrogen (secondary N) is 1. The van der Waals surface area contributed by atoms with E-state index in [0.29, 0.717) is 11.1 Å². The zero-order chi connectivity index (χ0) is 19.1. The molecule has 1 aromatic carbocycles. The normalized spacial score (nSPS) is 15.0. The third-order valence-corrected chi connectivity index (χ3v) is 4.46. The Balaban J connectivity index is 0.00000280. The number of nitriles is 1. The van der Waals surface area contributed by atoms with Crippen molar-refractivity contribution in [1.82, 2.24) is 20.3 Å². The fraction of sp³-hybridized carbons (Fsp3) is 0.421. The van der Waals surface area contributed by atoms with Crippen molar-refractivity contribution in [2.45, 2.75) is 20.0 Å². The van der Waals surface area contributed by atoms with Gasteiger partial charge in [-0.25, -0.2) is 9.38 Å². The number of halogens is 2. The summed E-state index contributed by atoms with van der Waals surface area (Å²) in [6, 6.07) is 8.31. The molecule has 7 nitrogen and oxygen atoms in total. The molecule has 3 rings (SSSR count). The Morgan fingerprint density at radius 3 is 2.71 bits per heavy atom. The number of hydrogen-bond acceptors (Lipinski definition) is 5. The van der Waals surface area contributed by atoms with Gasteiger partial charge in [0, 0.05) is 50.9 Å². The topological polar surface area (TPSA) is 80.7 Å². The van der Waals surface area contributed by atoms with Crippen LogP contribution < -0.4 is 5.32 Å². The van der Waals surface area contributed by atoms with Crippen LogP contribution in [-0.4, -0.2) is 53.6 Å². The molecule has 0 atom stereocenters. The third-order valence-electron chi connectivity index (χ3n) is 4.46. The lowest BCUT2D eigenvalue weighted by molar-refractivity contribution is 0.169. The van der Waals surface area contributed by atoms with E-state index in [1.165, 1.54) is 6.07 Å². The van der Waals surface area contributed by atoms with Gasteiger partial charge in [-0.15, -0.1) is 24.0 Å². The molecule has 0 aliphatic carbocycles. The maximum Gasteiger partial charge on any atom is 0.194 e. The lowest BCUT2D eigenvalue weighted by Crippen LogP contribution is -2.52. The molecule has 0 amide bonds. The highest BCUT2D eigenvalue weighted by Crippen LogP contribution is 2.12. The lowest BCUT2D eigenvalue weighted by atomic mass is 10.1. The van der Waals surface area contributed by atoms with Crippen LogP contribution in [0.5, 0.6) is 0 Å². The lowest BCUT2D eigenvalue weighted by Gasteiger charge is -2.36. The van der Waals surface area contributed by atoms with Crippen molar-refractivity contribution in [3.05, 3.63) is 53.2 Å². The van der Waals surface area contributed by atoms with E-state index in [1.807, 2.05) is 19.1 Å². The monoisotopic (exact) mass is 498 g/mol. The second-order valence-electron chi connectivity index (χ2n) is 6.34. The molecular formula is C19H24FIN6O. The number of guanidine groups is 1. The summed E-state index contributed by atoms with van der Waals surface area (Å²) in [6.45, 7) is 7.21. The van der Waals surface area contributed by atoms with Crippen LogP contribution in [-0.2, 0) is 13.1 Å². The van der Waals surface area contributed by atoms with Gasteiger partial charge in [0.05, 0.1) is 23.9 Å². The van der Waals surface area contributed by atoms with E-state index in [1.54, 1.807) is 18.4 Å². The van der Waals surface area contributed by atoms with Crippen LogP contribution >= 0.6 is 24.0 Å². The summed E-state index contributed by atoms with van der Waals surface area (Å²) in [5.41, 5.74) is 1.73. The number of aliphatic imine (C=N–C) groups is 1. The number of benzene rings is 1. The summed E-state index contributed by atoms with van der Waals surface area (Å²) < 4.78 is 19.0. The number of hydrogen-bond donors (Lipinski definition) is 1. The van der Waals surface area contributed by atoms with Crippen molar-refractivity contribution in [2.75, 3.05) is 32.7 Å². The molecule has 2 heterocycles. The molecule has 9 heteroatoms. The Morgan fingerprint density at radius 2 is 2.11 bits per heavy atom. The van der Waals surface area contributed by atoms with Crippen molar-refractivity contribution in [3.8, 4) is 6.07 Å². The second kappa shape index (κ2) is 11.0. The van der Waals surface area contributed by atoms with Crippen LogP contribution in [0.1, 0.15) is 23.7 Å². The van der Waals surface area contributed by atoms with Crippen LogP contribution in [0, 0.1) is 17.1 Å². The van der Waals surface area contributed by atoms with Crippen molar-refractivity contribution in [1.29, 1.82) is 5.26 Å². The molecule has 150 valence electrons. The summed E-state index contributed by atoms with van der Waals surface area (Å²) >= 11 is 0. The second-order valence-corrected chi connectivity index (χ2v) is 6.34. The number of aromatic nitrogens is 1. The van der Waals surface area contributed by atoms with Gasteiger partial charge in [-0.05, 0) is 19.1 Å². The van der Waals surface area contributed by atoms with Crippen molar-refractivity contribution in [2.24, 2.45) is 4.99 Å². The average Bonchev–Trinajstić information content (AvgIpc) is 3.19. The fourth-order valence-corrected chi connectivity index (χ4v) is 3.00. The van der Waals surface area contributed by atoms with E-state index in [9.17, 15) is 4.39 Å². The smallest absolute Gasteiger partial charge is 0.194 e. The molecule has 1 aliphatic rings. The fourth-order valence-electron chi connectivity index (χ4n) is 3.00.